The molecule has 0 bridgehead atoms. The second kappa shape index (κ2) is 6.49. The van der Waals surface area contributed by atoms with E-state index >= 15 is 0 Å². The molecule has 1 aliphatic heterocycles. The van der Waals surface area contributed by atoms with Crippen LogP contribution in [0.2, 0.25) is 0 Å². The molecule has 0 aromatic heterocycles. The van der Waals surface area contributed by atoms with Gasteiger partial charge in [0, 0.05) is 11.1 Å². The molecule has 0 saturated carbocycles. The lowest BCUT2D eigenvalue weighted by atomic mass is 10.0. The number of halogens is 5. The van der Waals surface area contributed by atoms with Crippen LogP contribution >= 0.6 is 15.9 Å². The molecule has 1 atom stereocenters. The quantitative estimate of drug-likeness (QED) is 0.292. The van der Waals surface area contributed by atoms with E-state index in [4.69, 9.17) is 0 Å². The van der Waals surface area contributed by atoms with Crippen LogP contribution in [0.25, 0.3) is 0 Å². The number of hydrogen-bond donors (Lipinski definition) is 0. The fourth-order valence-electron chi connectivity index (χ4n) is 2.30. The second-order valence-electron chi connectivity index (χ2n) is 5.52. The largest absolute Gasteiger partial charge is 0.475 e. The zero-order chi connectivity index (χ0) is 20.0. The molecule has 0 radical (unpaired) electrons. The lowest BCUT2D eigenvalue weighted by molar-refractivity contribution is -0.319. The van der Waals surface area contributed by atoms with Crippen molar-refractivity contribution in [3.8, 4) is 11.5 Å². The van der Waals surface area contributed by atoms with Crippen molar-refractivity contribution in [3.05, 3.63) is 70.5 Å². The molecular weight excluding hydrogens is 436 g/mol. The molecule has 0 N–H and O–H groups in total. The zero-order valence-electron chi connectivity index (χ0n) is 13.3. The third kappa shape index (κ3) is 3.23. The highest BCUT2D eigenvalue weighted by Crippen LogP contribution is 2.46. The highest BCUT2D eigenvalue weighted by Gasteiger charge is 2.62. The Balaban J connectivity index is 1.93. The summed E-state index contributed by atoms with van der Waals surface area (Å²) in [5.74, 6) is -7.26. The number of benzene rings is 2. The van der Waals surface area contributed by atoms with Gasteiger partial charge in [-0.2, -0.15) is 13.2 Å². The average molecular weight is 445 g/mol. The van der Waals surface area contributed by atoms with Gasteiger partial charge < -0.3 is 9.47 Å². The van der Waals surface area contributed by atoms with Crippen molar-refractivity contribution < 1.29 is 36.6 Å². The standard InChI is InChI=1S/C18H9BrF4O4/c1-2-17(21)18(22,23)27-14-8-10(4-6-13(14)26-17)16(25)15(24)9-3-5-12(20)11(19)7-9/h2-8H,1H2. The number of ketones is 2. The fourth-order valence-corrected chi connectivity index (χ4v) is 2.68. The summed E-state index contributed by atoms with van der Waals surface area (Å²) < 4.78 is 63.8. The monoisotopic (exact) mass is 444 g/mol. The van der Waals surface area contributed by atoms with Crippen LogP contribution in [0.5, 0.6) is 11.5 Å². The Morgan fingerprint density at radius 2 is 1.56 bits per heavy atom. The summed E-state index contributed by atoms with van der Waals surface area (Å²) in [6, 6.07) is 6.16. The van der Waals surface area contributed by atoms with Gasteiger partial charge in [-0.05, 0) is 58.4 Å². The van der Waals surface area contributed by atoms with Gasteiger partial charge in [0.05, 0.1) is 4.47 Å². The number of fused-ring (bicyclic) bond motifs is 1. The molecule has 1 heterocycles. The van der Waals surface area contributed by atoms with Crippen molar-refractivity contribution in [1.82, 2.24) is 0 Å². The van der Waals surface area contributed by atoms with Crippen LogP contribution < -0.4 is 9.47 Å². The highest BCUT2D eigenvalue weighted by molar-refractivity contribution is 9.10. The molecule has 4 nitrogen and oxygen atoms in total. The smallest absolute Gasteiger partial charge is 0.442 e. The molecule has 0 saturated heterocycles. The predicted octanol–water partition coefficient (Wildman–Crippen LogP) is 4.87. The minimum atomic E-state index is -4.39. The summed E-state index contributed by atoms with van der Waals surface area (Å²) in [5, 5.41) is 0. The molecule has 1 unspecified atom stereocenters. The van der Waals surface area contributed by atoms with Crippen LogP contribution in [-0.2, 0) is 0 Å². The van der Waals surface area contributed by atoms with Crippen molar-refractivity contribution in [3.63, 3.8) is 0 Å². The summed E-state index contributed by atoms with van der Waals surface area (Å²) in [6.07, 6.45) is -4.14. The molecule has 0 amide bonds. The Morgan fingerprint density at radius 1 is 0.963 bits per heavy atom. The lowest BCUT2D eigenvalue weighted by Gasteiger charge is -2.35. The third-order valence-electron chi connectivity index (χ3n) is 3.75. The number of hydrogen-bond acceptors (Lipinski definition) is 4. The van der Waals surface area contributed by atoms with Crippen molar-refractivity contribution >= 4 is 27.5 Å². The van der Waals surface area contributed by atoms with E-state index in [2.05, 4.69) is 32.0 Å². The molecule has 9 heteroatoms. The second-order valence-corrected chi connectivity index (χ2v) is 6.37. The van der Waals surface area contributed by atoms with Gasteiger partial charge in [-0.15, -0.1) is 0 Å². The highest BCUT2D eigenvalue weighted by atomic mass is 79.9. The molecule has 1 aliphatic rings. The van der Waals surface area contributed by atoms with Gasteiger partial charge in [0.15, 0.2) is 11.5 Å². The maximum atomic E-state index is 14.1. The summed E-state index contributed by atoms with van der Waals surface area (Å²) in [5.41, 5.74) is -0.397. The van der Waals surface area contributed by atoms with Gasteiger partial charge in [0.1, 0.15) is 5.82 Å². The van der Waals surface area contributed by atoms with Gasteiger partial charge >= 0.3 is 12.0 Å². The molecule has 0 aliphatic carbocycles. The Labute approximate surface area is 158 Å². The van der Waals surface area contributed by atoms with E-state index in [1.807, 2.05) is 0 Å². The Hall–Kier alpha value is -2.68. The summed E-state index contributed by atoms with van der Waals surface area (Å²) in [7, 11) is 0. The number of rotatable bonds is 4. The van der Waals surface area contributed by atoms with Crippen LogP contribution in [-0.4, -0.2) is 23.5 Å². The molecule has 2 aromatic rings. The first kappa shape index (κ1) is 19.1. The van der Waals surface area contributed by atoms with Crippen molar-refractivity contribution in [1.29, 1.82) is 0 Å². The molecule has 0 spiro atoms. The van der Waals surface area contributed by atoms with Gasteiger partial charge in [-0.1, -0.05) is 6.58 Å². The first-order chi connectivity index (χ1) is 12.6. The maximum absolute atomic E-state index is 14.1. The van der Waals surface area contributed by atoms with Gasteiger partial charge in [0.2, 0.25) is 11.6 Å². The summed E-state index contributed by atoms with van der Waals surface area (Å²) in [4.78, 5) is 24.6. The van der Waals surface area contributed by atoms with Crippen LogP contribution in [0.4, 0.5) is 17.6 Å². The van der Waals surface area contributed by atoms with E-state index in [0.717, 1.165) is 36.4 Å². The van der Waals surface area contributed by atoms with E-state index in [1.54, 1.807) is 0 Å². The third-order valence-corrected chi connectivity index (χ3v) is 4.36. The van der Waals surface area contributed by atoms with Crippen molar-refractivity contribution in [2.75, 3.05) is 0 Å². The molecular formula is C18H9BrF4O4. The number of alkyl halides is 3. The van der Waals surface area contributed by atoms with E-state index in [0.29, 0.717) is 0 Å². The first-order valence-electron chi connectivity index (χ1n) is 7.34. The Morgan fingerprint density at radius 3 is 2.15 bits per heavy atom. The Kier molecular flexibility index (Phi) is 4.59. The number of Topliss-reactive ketones (excluding diaryl/α,β-unsaturated/α-hetero) is 2. The minimum Gasteiger partial charge on any atom is -0.442 e. The van der Waals surface area contributed by atoms with Crippen LogP contribution in [0.3, 0.4) is 0 Å². The normalized spacial score (nSPS) is 20.0. The zero-order valence-corrected chi connectivity index (χ0v) is 14.9. The maximum Gasteiger partial charge on any atom is 0.475 e. The Bertz CT molecular complexity index is 976. The molecule has 2 aromatic carbocycles. The van der Waals surface area contributed by atoms with E-state index in [-0.39, 0.29) is 21.7 Å². The number of carbonyl (C=O) groups is 2. The fraction of sp³-hybridized carbons (Fsp3) is 0.111. The van der Waals surface area contributed by atoms with Crippen LogP contribution in [0, 0.1) is 5.82 Å². The topological polar surface area (TPSA) is 52.6 Å². The van der Waals surface area contributed by atoms with Crippen LogP contribution in [0.15, 0.2) is 53.5 Å². The molecule has 140 valence electrons. The number of ether oxygens (including phenoxy) is 2. The average Bonchev–Trinajstić information content (AvgIpc) is 2.63. The van der Waals surface area contributed by atoms with Gasteiger partial charge in [-0.3, -0.25) is 9.59 Å². The van der Waals surface area contributed by atoms with E-state index in [9.17, 15) is 27.2 Å². The minimum absolute atomic E-state index is 0.0216. The number of carbonyl (C=O) groups excluding carboxylic acids is 2. The van der Waals surface area contributed by atoms with Crippen molar-refractivity contribution in [2.45, 2.75) is 12.0 Å². The molecule has 27 heavy (non-hydrogen) atoms. The van der Waals surface area contributed by atoms with Crippen LogP contribution in [0.1, 0.15) is 20.7 Å². The predicted molar refractivity (Wildman–Crippen MR) is 89.4 cm³/mol. The summed E-state index contributed by atoms with van der Waals surface area (Å²) in [6.45, 7) is 2.95. The van der Waals surface area contributed by atoms with Crippen molar-refractivity contribution in [2.24, 2.45) is 0 Å². The van der Waals surface area contributed by atoms with Gasteiger partial charge in [-0.25, -0.2) is 4.39 Å². The summed E-state index contributed by atoms with van der Waals surface area (Å²) >= 11 is 2.90. The molecule has 3 rings (SSSR count). The van der Waals surface area contributed by atoms with Gasteiger partial charge in [0.25, 0.3) is 0 Å². The molecule has 0 fully saturated rings. The first-order valence-corrected chi connectivity index (χ1v) is 8.14. The van der Waals surface area contributed by atoms with E-state index in [1.165, 1.54) is 0 Å². The lowest BCUT2D eigenvalue weighted by Crippen LogP contribution is -2.53. The SMILES string of the molecule is C=CC1(F)Oc2ccc(C(=O)C(=O)c3ccc(F)c(Br)c3)cc2OC1(F)F. The van der Waals surface area contributed by atoms with E-state index < -0.39 is 40.8 Å².